The number of nitrogens with one attached hydrogen (secondary N) is 1. The van der Waals surface area contributed by atoms with Crippen LogP contribution in [0.2, 0.25) is 5.02 Å². The highest BCUT2D eigenvalue weighted by atomic mass is 35.5. The maximum absolute atomic E-state index is 13.0. The molecule has 0 bridgehead atoms. The van der Waals surface area contributed by atoms with Crippen LogP contribution in [0.1, 0.15) is 5.56 Å². The summed E-state index contributed by atoms with van der Waals surface area (Å²) in [7, 11) is 0. The largest absolute Gasteiger partial charge is 0.416 e. The zero-order chi connectivity index (χ0) is 19.0. The summed E-state index contributed by atoms with van der Waals surface area (Å²) in [5.74, 6) is 1.27. The molecule has 0 atom stereocenters. The van der Waals surface area contributed by atoms with E-state index >= 15 is 0 Å². The van der Waals surface area contributed by atoms with Gasteiger partial charge in [0.1, 0.15) is 0 Å². The van der Waals surface area contributed by atoms with Crippen molar-refractivity contribution in [3.8, 4) is 11.6 Å². The molecule has 8 nitrogen and oxygen atoms in total. The summed E-state index contributed by atoms with van der Waals surface area (Å²) < 4.78 is 44.1. The average molecular weight is 400 g/mol. The third kappa shape index (κ3) is 3.54. The molecule has 1 aliphatic heterocycles. The summed E-state index contributed by atoms with van der Waals surface area (Å²) in [6.45, 7) is 2.08. The number of halogens is 4. The number of aromatic amines is 1. The SMILES string of the molecule is FC(F)(F)c1ccc(Cl)c(N2CCN(c3cc(-c4nn[nH]n4)on3)CC2)c1. The second kappa shape index (κ2) is 6.72. The third-order valence-corrected chi connectivity index (χ3v) is 4.60. The number of nitrogens with zero attached hydrogens (tertiary/aromatic N) is 6. The first-order valence-corrected chi connectivity index (χ1v) is 8.37. The minimum atomic E-state index is -4.41. The Kier molecular flexibility index (Phi) is 4.38. The van der Waals surface area contributed by atoms with Crippen LogP contribution in [0.25, 0.3) is 11.6 Å². The van der Waals surface area contributed by atoms with Crippen molar-refractivity contribution in [3.05, 3.63) is 34.9 Å². The summed E-state index contributed by atoms with van der Waals surface area (Å²) in [5.41, 5.74) is -0.343. The van der Waals surface area contributed by atoms with E-state index in [0.29, 0.717) is 49.3 Å². The van der Waals surface area contributed by atoms with Gasteiger partial charge in [0.15, 0.2) is 5.82 Å². The van der Waals surface area contributed by atoms with Crippen molar-refractivity contribution in [2.45, 2.75) is 6.18 Å². The molecule has 3 heterocycles. The smallest absolute Gasteiger partial charge is 0.367 e. The third-order valence-electron chi connectivity index (χ3n) is 4.28. The molecule has 0 saturated carbocycles. The van der Waals surface area contributed by atoms with Gasteiger partial charge >= 0.3 is 6.18 Å². The molecule has 12 heteroatoms. The van der Waals surface area contributed by atoms with Crippen LogP contribution in [-0.2, 0) is 6.18 Å². The summed E-state index contributed by atoms with van der Waals surface area (Å²) >= 11 is 6.12. The highest BCUT2D eigenvalue weighted by molar-refractivity contribution is 6.33. The Morgan fingerprint density at radius 3 is 2.48 bits per heavy atom. The molecule has 0 aliphatic carbocycles. The van der Waals surface area contributed by atoms with E-state index in [1.807, 2.05) is 9.80 Å². The predicted octanol–water partition coefficient (Wildman–Crippen LogP) is 2.85. The summed E-state index contributed by atoms with van der Waals surface area (Å²) in [4.78, 5) is 3.79. The van der Waals surface area contributed by atoms with Crippen LogP contribution in [0, 0.1) is 0 Å². The molecule has 3 aromatic rings. The van der Waals surface area contributed by atoms with Crippen LogP contribution < -0.4 is 9.80 Å². The Morgan fingerprint density at radius 1 is 1.07 bits per heavy atom. The first-order chi connectivity index (χ1) is 12.9. The molecule has 1 aromatic carbocycles. The van der Waals surface area contributed by atoms with E-state index < -0.39 is 11.7 Å². The van der Waals surface area contributed by atoms with Gasteiger partial charge in [-0.05, 0) is 23.4 Å². The fraction of sp³-hybridized carbons (Fsp3) is 0.333. The lowest BCUT2D eigenvalue weighted by molar-refractivity contribution is -0.137. The van der Waals surface area contributed by atoms with Crippen molar-refractivity contribution in [1.29, 1.82) is 0 Å². The van der Waals surface area contributed by atoms with Gasteiger partial charge in [-0.1, -0.05) is 16.8 Å². The molecular weight excluding hydrogens is 387 g/mol. The van der Waals surface area contributed by atoms with Crippen molar-refractivity contribution in [1.82, 2.24) is 25.8 Å². The van der Waals surface area contributed by atoms with Gasteiger partial charge in [-0.2, -0.15) is 18.4 Å². The number of hydrogen-bond acceptors (Lipinski definition) is 7. The molecular formula is C15H13ClF3N7O. The van der Waals surface area contributed by atoms with Gasteiger partial charge in [-0.3, -0.25) is 0 Å². The van der Waals surface area contributed by atoms with E-state index in [0.717, 1.165) is 12.1 Å². The topological polar surface area (TPSA) is 87.0 Å². The lowest BCUT2D eigenvalue weighted by atomic mass is 10.1. The van der Waals surface area contributed by atoms with Crippen molar-refractivity contribution in [2.24, 2.45) is 0 Å². The Hall–Kier alpha value is -2.82. The van der Waals surface area contributed by atoms with Crippen molar-refractivity contribution in [2.75, 3.05) is 36.0 Å². The van der Waals surface area contributed by atoms with E-state index in [4.69, 9.17) is 16.1 Å². The second-order valence-corrected chi connectivity index (χ2v) is 6.33. The van der Waals surface area contributed by atoms with Crippen LogP contribution >= 0.6 is 11.6 Å². The second-order valence-electron chi connectivity index (χ2n) is 5.92. The number of piperazine rings is 1. The molecule has 1 saturated heterocycles. The van der Waals surface area contributed by atoms with E-state index in [9.17, 15) is 13.2 Å². The average Bonchev–Trinajstić information content (AvgIpc) is 3.33. The van der Waals surface area contributed by atoms with Crippen LogP contribution in [0.3, 0.4) is 0 Å². The zero-order valence-corrected chi connectivity index (χ0v) is 14.5. The number of aromatic nitrogens is 5. The molecule has 4 rings (SSSR count). The molecule has 0 amide bonds. The molecule has 2 aromatic heterocycles. The Balaban J connectivity index is 1.47. The monoisotopic (exact) mass is 399 g/mol. The van der Waals surface area contributed by atoms with Crippen LogP contribution in [-0.4, -0.2) is 52.0 Å². The molecule has 142 valence electrons. The van der Waals surface area contributed by atoms with Gasteiger partial charge < -0.3 is 14.3 Å². The van der Waals surface area contributed by atoms with Crippen molar-refractivity contribution >= 4 is 23.1 Å². The Bertz CT molecular complexity index is 920. The standard InChI is InChI=1S/C15H13ClF3N7O/c16-10-2-1-9(15(17,18)19)7-11(10)25-3-5-26(6-4-25)13-8-12(27-22-13)14-20-23-24-21-14/h1-2,7-8H,3-6H2,(H,20,21,23,24). The Labute approximate surface area is 155 Å². The number of tetrazole rings is 1. The van der Waals surface area contributed by atoms with Gasteiger partial charge in [0, 0.05) is 32.2 Å². The van der Waals surface area contributed by atoms with Gasteiger partial charge in [0.25, 0.3) is 0 Å². The lowest BCUT2D eigenvalue weighted by Crippen LogP contribution is -2.46. The Morgan fingerprint density at radius 2 is 1.81 bits per heavy atom. The molecule has 27 heavy (non-hydrogen) atoms. The minimum Gasteiger partial charge on any atom is -0.367 e. The van der Waals surface area contributed by atoms with Crippen molar-refractivity contribution < 1.29 is 17.7 Å². The summed E-state index contributed by atoms with van der Waals surface area (Å²) in [6.07, 6.45) is -4.41. The van der Waals surface area contributed by atoms with Gasteiger partial charge in [-0.25, -0.2) is 0 Å². The minimum absolute atomic E-state index is 0.289. The number of rotatable bonds is 3. The van der Waals surface area contributed by atoms with Crippen LogP contribution in [0.15, 0.2) is 28.8 Å². The highest BCUT2D eigenvalue weighted by Gasteiger charge is 2.32. The maximum atomic E-state index is 13.0. The van der Waals surface area contributed by atoms with E-state index in [2.05, 4.69) is 25.8 Å². The molecule has 1 aliphatic rings. The van der Waals surface area contributed by atoms with Crippen molar-refractivity contribution in [3.63, 3.8) is 0 Å². The molecule has 0 unspecified atom stereocenters. The first-order valence-electron chi connectivity index (χ1n) is 7.99. The number of anilines is 2. The van der Waals surface area contributed by atoms with E-state index in [1.54, 1.807) is 6.07 Å². The highest BCUT2D eigenvalue weighted by Crippen LogP contribution is 2.36. The maximum Gasteiger partial charge on any atom is 0.416 e. The number of alkyl halides is 3. The fourth-order valence-corrected chi connectivity index (χ4v) is 3.13. The number of benzene rings is 1. The number of H-pyrrole nitrogens is 1. The predicted molar refractivity (Wildman–Crippen MR) is 90.6 cm³/mol. The molecule has 0 radical (unpaired) electrons. The van der Waals surface area contributed by atoms with Gasteiger partial charge in [0.2, 0.25) is 11.6 Å². The molecule has 1 N–H and O–H groups in total. The van der Waals surface area contributed by atoms with Gasteiger partial charge in [0.05, 0.1) is 16.3 Å². The van der Waals surface area contributed by atoms with Crippen LogP contribution in [0.5, 0.6) is 0 Å². The fourth-order valence-electron chi connectivity index (χ4n) is 2.89. The first kappa shape index (κ1) is 17.6. The molecule has 1 fully saturated rings. The van der Waals surface area contributed by atoms with E-state index in [-0.39, 0.29) is 5.02 Å². The normalized spacial score (nSPS) is 15.4. The molecule has 0 spiro atoms. The quantitative estimate of drug-likeness (QED) is 0.724. The lowest BCUT2D eigenvalue weighted by Gasteiger charge is -2.36. The van der Waals surface area contributed by atoms with Crippen LogP contribution in [0.4, 0.5) is 24.7 Å². The van der Waals surface area contributed by atoms with Gasteiger partial charge in [-0.15, -0.1) is 10.2 Å². The summed E-state index contributed by atoms with van der Waals surface area (Å²) in [5, 5.41) is 17.7. The van der Waals surface area contributed by atoms with E-state index in [1.165, 1.54) is 6.07 Å². The summed E-state index contributed by atoms with van der Waals surface area (Å²) in [6, 6.07) is 5.04. The number of hydrogen-bond donors (Lipinski definition) is 1. The zero-order valence-electron chi connectivity index (χ0n) is 13.7.